The Bertz CT molecular complexity index is 809. The van der Waals surface area contributed by atoms with Gasteiger partial charge in [-0.05, 0) is 62.3 Å². The second-order valence-electron chi connectivity index (χ2n) is 8.47. The molecule has 1 aliphatic heterocycles. The van der Waals surface area contributed by atoms with E-state index in [9.17, 15) is 0 Å². The molecule has 1 heterocycles. The van der Waals surface area contributed by atoms with Gasteiger partial charge in [-0.2, -0.15) is 0 Å². The van der Waals surface area contributed by atoms with Gasteiger partial charge in [0.2, 0.25) is 0 Å². The number of hydrogen-bond donors (Lipinski definition) is 0. The van der Waals surface area contributed by atoms with E-state index in [1.165, 1.54) is 61.8 Å². The minimum atomic E-state index is 0.620. The highest BCUT2D eigenvalue weighted by atomic mass is 16.5. The molecule has 0 radical (unpaired) electrons. The first-order valence-electron chi connectivity index (χ1n) is 12.2. The SMILES string of the molecule is CCCCCCC/C=C/C/C=C/CCCc1cccc2c1CN(c1ccccc1)CO2. The lowest BCUT2D eigenvalue weighted by atomic mass is 9.99. The summed E-state index contributed by atoms with van der Waals surface area (Å²) >= 11 is 0. The van der Waals surface area contributed by atoms with Gasteiger partial charge >= 0.3 is 0 Å². The van der Waals surface area contributed by atoms with Crippen LogP contribution in [-0.2, 0) is 13.0 Å². The summed E-state index contributed by atoms with van der Waals surface area (Å²) in [5.41, 5.74) is 4.00. The number of anilines is 1. The fraction of sp³-hybridized carbons (Fsp3) is 0.448. The Kier molecular flexibility index (Phi) is 10.3. The number of ether oxygens (including phenoxy) is 1. The smallest absolute Gasteiger partial charge is 0.161 e. The Morgan fingerprint density at radius 3 is 2.39 bits per heavy atom. The van der Waals surface area contributed by atoms with Crippen molar-refractivity contribution in [2.45, 2.75) is 77.7 Å². The van der Waals surface area contributed by atoms with Gasteiger partial charge < -0.3 is 9.64 Å². The molecule has 0 atom stereocenters. The van der Waals surface area contributed by atoms with Gasteiger partial charge in [-0.15, -0.1) is 0 Å². The number of benzene rings is 2. The summed E-state index contributed by atoms with van der Waals surface area (Å²) in [5.74, 6) is 1.06. The standard InChI is InChI=1S/C29H39NO/c1-2-3-4-5-6-7-8-9-10-11-12-13-15-19-26-20-18-23-29-28(26)24-30(25-31-29)27-21-16-14-17-22-27/h8-9,11-12,14,16-18,20-23H,2-7,10,13,15,19,24-25H2,1H3/b9-8+,12-11+. The molecule has 2 nitrogen and oxygen atoms in total. The first-order valence-corrected chi connectivity index (χ1v) is 12.2. The fourth-order valence-electron chi connectivity index (χ4n) is 4.13. The summed E-state index contributed by atoms with van der Waals surface area (Å²) in [5, 5.41) is 0. The van der Waals surface area contributed by atoms with Gasteiger partial charge in [0.05, 0.1) is 6.54 Å². The van der Waals surface area contributed by atoms with Crippen LogP contribution in [0.4, 0.5) is 5.69 Å². The predicted molar refractivity (Wildman–Crippen MR) is 134 cm³/mol. The number of rotatable bonds is 13. The van der Waals surface area contributed by atoms with Crippen molar-refractivity contribution in [3.63, 3.8) is 0 Å². The summed E-state index contributed by atoms with van der Waals surface area (Å²) in [6.45, 7) is 3.82. The average molecular weight is 418 g/mol. The van der Waals surface area contributed by atoms with Crippen LogP contribution >= 0.6 is 0 Å². The second kappa shape index (κ2) is 13.7. The maximum atomic E-state index is 6.05. The molecule has 2 heteroatoms. The van der Waals surface area contributed by atoms with Crippen LogP contribution in [0.25, 0.3) is 0 Å². The number of hydrogen-bond acceptors (Lipinski definition) is 2. The topological polar surface area (TPSA) is 12.5 Å². The molecule has 0 saturated carbocycles. The molecule has 0 amide bonds. The van der Waals surface area contributed by atoms with Gasteiger partial charge in [0, 0.05) is 11.3 Å². The van der Waals surface area contributed by atoms with E-state index in [4.69, 9.17) is 4.74 Å². The molecule has 166 valence electrons. The van der Waals surface area contributed by atoms with Crippen LogP contribution in [0.1, 0.15) is 75.8 Å². The third-order valence-corrected chi connectivity index (χ3v) is 5.97. The van der Waals surface area contributed by atoms with Crippen LogP contribution in [0, 0.1) is 0 Å². The Morgan fingerprint density at radius 2 is 1.58 bits per heavy atom. The number of aryl methyl sites for hydroxylation is 1. The van der Waals surface area contributed by atoms with Crippen LogP contribution in [0.3, 0.4) is 0 Å². The average Bonchev–Trinajstić information content (AvgIpc) is 2.82. The van der Waals surface area contributed by atoms with Crippen molar-refractivity contribution in [2.24, 2.45) is 0 Å². The van der Waals surface area contributed by atoms with Crippen LogP contribution in [0.15, 0.2) is 72.8 Å². The predicted octanol–water partition coefficient (Wildman–Crippen LogP) is 8.23. The lowest BCUT2D eigenvalue weighted by Crippen LogP contribution is -2.32. The quantitative estimate of drug-likeness (QED) is 0.240. The van der Waals surface area contributed by atoms with E-state index < -0.39 is 0 Å². The van der Waals surface area contributed by atoms with Crippen molar-refractivity contribution >= 4 is 5.69 Å². The van der Waals surface area contributed by atoms with Gasteiger partial charge in [-0.1, -0.05) is 87.2 Å². The number of unbranched alkanes of at least 4 members (excludes halogenated alkanes) is 6. The molecule has 0 bridgehead atoms. The van der Waals surface area contributed by atoms with Gasteiger partial charge in [0.1, 0.15) is 5.75 Å². The first kappa shape index (κ1) is 23.2. The van der Waals surface area contributed by atoms with Gasteiger partial charge in [0.15, 0.2) is 6.73 Å². The third-order valence-electron chi connectivity index (χ3n) is 5.97. The molecule has 31 heavy (non-hydrogen) atoms. The largest absolute Gasteiger partial charge is 0.473 e. The highest BCUT2D eigenvalue weighted by Gasteiger charge is 2.19. The van der Waals surface area contributed by atoms with Gasteiger partial charge in [0.25, 0.3) is 0 Å². The molecular formula is C29H39NO. The Hall–Kier alpha value is -2.48. The van der Waals surface area contributed by atoms with Crippen molar-refractivity contribution in [1.82, 2.24) is 0 Å². The highest BCUT2D eigenvalue weighted by Crippen LogP contribution is 2.31. The first-order chi connectivity index (χ1) is 15.4. The zero-order chi connectivity index (χ0) is 21.6. The summed E-state index contributed by atoms with van der Waals surface area (Å²) in [7, 11) is 0. The number of para-hydroxylation sites is 1. The number of allylic oxidation sites excluding steroid dienone is 4. The van der Waals surface area contributed by atoms with Gasteiger partial charge in [-0.25, -0.2) is 0 Å². The molecule has 0 spiro atoms. The summed E-state index contributed by atoms with van der Waals surface area (Å²) in [6.07, 6.45) is 21.9. The van der Waals surface area contributed by atoms with Crippen LogP contribution in [-0.4, -0.2) is 6.73 Å². The van der Waals surface area contributed by atoms with E-state index >= 15 is 0 Å². The van der Waals surface area contributed by atoms with Crippen LogP contribution < -0.4 is 9.64 Å². The molecule has 3 rings (SSSR count). The van der Waals surface area contributed by atoms with Crippen molar-refractivity contribution in [3.05, 3.63) is 84.0 Å². The summed E-state index contributed by atoms with van der Waals surface area (Å²) in [4.78, 5) is 2.31. The van der Waals surface area contributed by atoms with E-state index in [0.29, 0.717) is 6.73 Å². The minimum Gasteiger partial charge on any atom is -0.473 e. The van der Waals surface area contributed by atoms with Crippen LogP contribution in [0.5, 0.6) is 5.75 Å². The summed E-state index contributed by atoms with van der Waals surface area (Å²) in [6, 6.07) is 17.1. The Labute approximate surface area is 189 Å². The normalized spacial score (nSPS) is 13.6. The number of fused-ring (bicyclic) bond motifs is 1. The monoisotopic (exact) mass is 417 g/mol. The van der Waals surface area contributed by atoms with E-state index in [1.54, 1.807) is 0 Å². The molecule has 0 aromatic heterocycles. The van der Waals surface area contributed by atoms with E-state index in [2.05, 4.69) is 84.7 Å². The zero-order valence-corrected chi connectivity index (χ0v) is 19.3. The second-order valence-corrected chi connectivity index (χ2v) is 8.47. The lowest BCUT2D eigenvalue weighted by molar-refractivity contribution is 0.288. The van der Waals surface area contributed by atoms with Crippen molar-refractivity contribution in [3.8, 4) is 5.75 Å². The molecular weight excluding hydrogens is 378 g/mol. The molecule has 0 saturated heterocycles. The maximum absolute atomic E-state index is 6.05. The third kappa shape index (κ3) is 7.94. The Balaban J connectivity index is 1.37. The zero-order valence-electron chi connectivity index (χ0n) is 19.3. The minimum absolute atomic E-state index is 0.620. The summed E-state index contributed by atoms with van der Waals surface area (Å²) < 4.78 is 6.05. The van der Waals surface area contributed by atoms with E-state index in [0.717, 1.165) is 31.6 Å². The van der Waals surface area contributed by atoms with Crippen LogP contribution in [0.2, 0.25) is 0 Å². The molecule has 0 aliphatic carbocycles. The molecule has 2 aromatic rings. The molecule has 1 aliphatic rings. The number of nitrogens with zero attached hydrogens (tertiary/aromatic N) is 1. The molecule has 0 fully saturated rings. The molecule has 2 aromatic carbocycles. The molecule has 0 unspecified atom stereocenters. The lowest BCUT2D eigenvalue weighted by Gasteiger charge is -2.32. The Morgan fingerprint density at radius 1 is 0.806 bits per heavy atom. The van der Waals surface area contributed by atoms with Crippen molar-refractivity contribution in [1.29, 1.82) is 0 Å². The fourth-order valence-corrected chi connectivity index (χ4v) is 4.13. The van der Waals surface area contributed by atoms with Crippen molar-refractivity contribution < 1.29 is 4.74 Å². The van der Waals surface area contributed by atoms with E-state index in [1.807, 2.05) is 0 Å². The highest BCUT2D eigenvalue weighted by molar-refractivity contribution is 5.51. The van der Waals surface area contributed by atoms with E-state index in [-0.39, 0.29) is 0 Å². The van der Waals surface area contributed by atoms with Crippen molar-refractivity contribution in [2.75, 3.05) is 11.6 Å². The molecule has 0 N–H and O–H groups in total. The maximum Gasteiger partial charge on any atom is 0.161 e. The van der Waals surface area contributed by atoms with Gasteiger partial charge in [-0.3, -0.25) is 0 Å².